The van der Waals surface area contributed by atoms with Gasteiger partial charge in [-0.2, -0.15) is 0 Å². The summed E-state index contributed by atoms with van der Waals surface area (Å²) in [5, 5.41) is 0. The Balaban J connectivity index is 2.33. The minimum Gasteiger partial charge on any atom is -0.374 e. The van der Waals surface area contributed by atoms with Crippen LogP contribution in [0.25, 0.3) is 0 Å². The van der Waals surface area contributed by atoms with Crippen LogP contribution >= 0.6 is 0 Å². The van der Waals surface area contributed by atoms with Gasteiger partial charge in [0.1, 0.15) is 0 Å². The van der Waals surface area contributed by atoms with Crippen LogP contribution in [-0.4, -0.2) is 68.8 Å². The van der Waals surface area contributed by atoms with Gasteiger partial charge < -0.3 is 15.4 Å². The Morgan fingerprint density at radius 1 is 1.24 bits per heavy atom. The first-order valence-corrected chi connectivity index (χ1v) is 6.75. The molecule has 0 bridgehead atoms. The summed E-state index contributed by atoms with van der Waals surface area (Å²) in [6.07, 6.45) is 4.25. The molecule has 1 aliphatic rings. The van der Waals surface area contributed by atoms with Crippen LogP contribution in [0.3, 0.4) is 0 Å². The van der Waals surface area contributed by atoms with Gasteiger partial charge in [-0.25, -0.2) is 0 Å². The highest BCUT2D eigenvalue weighted by Crippen LogP contribution is 2.23. The lowest BCUT2D eigenvalue weighted by molar-refractivity contribution is 0.00234. The van der Waals surface area contributed by atoms with E-state index in [2.05, 4.69) is 37.9 Å². The Hall–Kier alpha value is -0.160. The van der Waals surface area contributed by atoms with Gasteiger partial charge in [-0.15, -0.1) is 0 Å². The normalized spacial score (nSPS) is 27.0. The van der Waals surface area contributed by atoms with E-state index in [9.17, 15) is 0 Å². The second kappa shape index (κ2) is 7.31. The molecule has 0 saturated carbocycles. The molecular weight excluding hydrogens is 214 g/mol. The smallest absolute Gasteiger partial charge is 0.0746 e. The van der Waals surface area contributed by atoms with Crippen LogP contribution in [0.4, 0.5) is 0 Å². The Kier molecular flexibility index (Phi) is 6.41. The minimum absolute atomic E-state index is 0.333. The van der Waals surface area contributed by atoms with Crippen molar-refractivity contribution in [1.29, 1.82) is 0 Å². The fourth-order valence-electron chi connectivity index (χ4n) is 2.53. The van der Waals surface area contributed by atoms with Crippen LogP contribution in [0, 0.1) is 0 Å². The van der Waals surface area contributed by atoms with Gasteiger partial charge >= 0.3 is 0 Å². The number of hydrogen-bond donors (Lipinski definition) is 1. The molecule has 1 fully saturated rings. The van der Waals surface area contributed by atoms with Gasteiger partial charge in [0.2, 0.25) is 0 Å². The van der Waals surface area contributed by atoms with Crippen LogP contribution < -0.4 is 5.73 Å². The quantitative estimate of drug-likeness (QED) is 0.717. The molecule has 0 aromatic carbocycles. The molecule has 0 aromatic heterocycles. The lowest BCUT2D eigenvalue weighted by Gasteiger charge is -2.31. The standard InChI is InChI=1S/C13H29N3O/c1-11-6-7-13(17-11)12(10-14)16(4)9-5-8-15(2)3/h11-13H,5-10,14H2,1-4H3. The van der Waals surface area contributed by atoms with E-state index in [1.165, 1.54) is 12.8 Å². The zero-order chi connectivity index (χ0) is 12.8. The number of ether oxygens (including phenoxy) is 1. The summed E-state index contributed by atoms with van der Waals surface area (Å²) >= 11 is 0. The maximum atomic E-state index is 5.93. The summed E-state index contributed by atoms with van der Waals surface area (Å²) < 4.78 is 5.93. The van der Waals surface area contributed by atoms with E-state index in [0.29, 0.717) is 24.8 Å². The van der Waals surface area contributed by atoms with Gasteiger partial charge in [0, 0.05) is 12.6 Å². The zero-order valence-corrected chi connectivity index (χ0v) is 11.9. The zero-order valence-electron chi connectivity index (χ0n) is 11.9. The fraction of sp³-hybridized carbons (Fsp3) is 1.00. The van der Waals surface area contributed by atoms with Crippen LogP contribution in [0.2, 0.25) is 0 Å². The van der Waals surface area contributed by atoms with Gasteiger partial charge in [-0.05, 0) is 60.4 Å². The van der Waals surface area contributed by atoms with Crippen molar-refractivity contribution in [2.45, 2.75) is 44.4 Å². The van der Waals surface area contributed by atoms with E-state index in [1.807, 2.05) is 0 Å². The Morgan fingerprint density at radius 2 is 1.94 bits per heavy atom. The van der Waals surface area contributed by atoms with E-state index >= 15 is 0 Å². The number of nitrogens with two attached hydrogens (primary N) is 1. The second-order valence-corrected chi connectivity index (χ2v) is 5.50. The summed E-state index contributed by atoms with van der Waals surface area (Å²) in [6.45, 7) is 5.06. The van der Waals surface area contributed by atoms with Gasteiger partial charge in [-0.1, -0.05) is 0 Å². The molecule has 0 aromatic rings. The second-order valence-electron chi connectivity index (χ2n) is 5.50. The Morgan fingerprint density at radius 3 is 2.41 bits per heavy atom. The van der Waals surface area contributed by atoms with E-state index in [4.69, 9.17) is 10.5 Å². The fourth-order valence-corrected chi connectivity index (χ4v) is 2.53. The van der Waals surface area contributed by atoms with Crippen molar-refractivity contribution < 1.29 is 4.74 Å². The van der Waals surface area contributed by atoms with Crippen molar-refractivity contribution in [3.8, 4) is 0 Å². The molecule has 4 nitrogen and oxygen atoms in total. The van der Waals surface area contributed by atoms with E-state index in [-0.39, 0.29) is 0 Å². The third-order valence-electron chi connectivity index (χ3n) is 3.62. The molecule has 102 valence electrons. The number of nitrogens with zero attached hydrogens (tertiary/aromatic N) is 2. The lowest BCUT2D eigenvalue weighted by atomic mass is 10.1. The molecule has 1 saturated heterocycles. The molecule has 0 spiro atoms. The van der Waals surface area contributed by atoms with Crippen molar-refractivity contribution in [1.82, 2.24) is 9.80 Å². The molecule has 0 radical (unpaired) electrons. The molecule has 0 amide bonds. The van der Waals surface area contributed by atoms with Gasteiger partial charge in [-0.3, -0.25) is 4.90 Å². The monoisotopic (exact) mass is 243 g/mol. The molecular formula is C13H29N3O. The van der Waals surface area contributed by atoms with Crippen LogP contribution in [-0.2, 0) is 4.74 Å². The van der Waals surface area contributed by atoms with Crippen LogP contribution in [0.15, 0.2) is 0 Å². The summed E-state index contributed by atoms with van der Waals surface area (Å²) in [5.74, 6) is 0. The molecule has 3 atom stereocenters. The summed E-state index contributed by atoms with van der Waals surface area (Å²) in [6, 6.07) is 0.377. The highest BCUT2D eigenvalue weighted by atomic mass is 16.5. The first-order chi connectivity index (χ1) is 8.04. The molecule has 0 aliphatic carbocycles. The van der Waals surface area contributed by atoms with E-state index in [0.717, 1.165) is 19.5 Å². The highest BCUT2D eigenvalue weighted by molar-refractivity contribution is 4.84. The summed E-state index contributed by atoms with van der Waals surface area (Å²) in [5.41, 5.74) is 5.90. The Bertz CT molecular complexity index is 211. The van der Waals surface area contributed by atoms with Crippen LogP contribution in [0.1, 0.15) is 26.2 Å². The highest BCUT2D eigenvalue weighted by Gasteiger charge is 2.30. The maximum Gasteiger partial charge on any atom is 0.0746 e. The third kappa shape index (κ3) is 4.92. The topological polar surface area (TPSA) is 41.7 Å². The average Bonchev–Trinajstić information content (AvgIpc) is 2.65. The molecule has 1 rings (SSSR count). The predicted molar refractivity (Wildman–Crippen MR) is 72.2 cm³/mol. The van der Waals surface area contributed by atoms with Crippen molar-refractivity contribution >= 4 is 0 Å². The largest absolute Gasteiger partial charge is 0.374 e. The predicted octanol–water partition coefficient (Wildman–Crippen LogP) is 0.765. The molecule has 1 heterocycles. The first-order valence-electron chi connectivity index (χ1n) is 6.75. The summed E-state index contributed by atoms with van der Waals surface area (Å²) in [7, 11) is 6.39. The molecule has 1 aliphatic heterocycles. The van der Waals surface area contributed by atoms with Crippen molar-refractivity contribution in [3.63, 3.8) is 0 Å². The number of hydrogen-bond acceptors (Lipinski definition) is 4. The molecule has 2 N–H and O–H groups in total. The SMILES string of the molecule is CC1CCC(C(CN)N(C)CCCN(C)C)O1. The van der Waals surface area contributed by atoms with Gasteiger partial charge in [0.05, 0.1) is 12.2 Å². The third-order valence-corrected chi connectivity index (χ3v) is 3.62. The van der Waals surface area contributed by atoms with Gasteiger partial charge in [0.15, 0.2) is 0 Å². The number of likely N-dealkylation sites (N-methyl/N-ethyl adjacent to an activating group) is 1. The van der Waals surface area contributed by atoms with E-state index < -0.39 is 0 Å². The first kappa shape index (κ1) is 14.9. The van der Waals surface area contributed by atoms with Gasteiger partial charge in [0.25, 0.3) is 0 Å². The molecule has 4 heteroatoms. The average molecular weight is 243 g/mol. The Labute approximate surface area is 106 Å². The van der Waals surface area contributed by atoms with Crippen LogP contribution in [0.5, 0.6) is 0 Å². The van der Waals surface area contributed by atoms with E-state index in [1.54, 1.807) is 0 Å². The number of rotatable bonds is 7. The minimum atomic E-state index is 0.333. The summed E-state index contributed by atoms with van der Waals surface area (Å²) in [4.78, 5) is 4.59. The maximum absolute atomic E-state index is 5.93. The lowest BCUT2D eigenvalue weighted by Crippen LogP contribution is -2.47. The van der Waals surface area contributed by atoms with Crippen molar-refractivity contribution in [2.75, 3.05) is 40.8 Å². The van der Waals surface area contributed by atoms with Crippen molar-refractivity contribution in [2.24, 2.45) is 5.73 Å². The molecule has 17 heavy (non-hydrogen) atoms. The molecule has 3 unspecified atom stereocenters. The van der Waals surface area contributed by atoms with Crippen molar-refractivity contribution in [3.05, 3.63) is 0 Å².